The molecule has 0 saturated heterocycles. The molecule has 154 valence electrons. The number of carbonyl (C=O) groups excluding carboxylic acids is 2. The lowest BCUT2D eigenvalue weighted by atomic mass is 10.1. The number of methoxy groups -OCH3 is 1. The van der Waals surface area contributed by atoms with Crippen LogP contribution in [0.2, 0.25) is 5.02 Å². The monoisotopic (exact) mass is 424 g/mol. The molecular weight excluding hydrogens is 404 g/mol. The molecule has 0 bridgehead atoms. The molecule has 30 heavy (non-hydrogen) atoms. The maximum absolute atomic E-state index is 12.8. The van der Waals surface area contributed by atoms with Crippen LogP contribution in [-0.4, -0.2) is 25.5 Å². The first kappa shape index (κ1) is 21.4. The smallest absolute Gasteiger partial charge is 0.259 e. The van der Waals surface area contributed by atoms with Crippen molar-refractivity contribution in [1.82, 2.24) is 0 Å². The van der Waals surface area contributed by atoms with Crippen LogP contribution in [0.25, 0.3) is 0 Å². The van der Waals surface area contributed by atoms with E-state index < -0.39 is 0 Å². The van der Waals surface area contributed by atoms with E-state index in [1.165, 1.54) is 7.11 Å². The van der Waals surface area contributed by atoms with Crippen molar-refractivity contribution in [3.05, 3.63) is 88.9 Å². The van der Waals surface area contributed by atoms with E-state index in [0.29, 0.717) is 34.3 Å². The number of ether oxygens (including phenoxy) is 2. The Hall–Kier alpha value is -3.35. The molecule has 7 heteroatoms. The topological polar surface area (TPSA) is 76.7 Å². The summed E-state index contributed by atoms with van der Waals surface area (Å²) in [7, 11) is 1.45. The van der Waals surface area contributed by atoms with Crippen molar-refractivity contribution in [2.75, 3.05) is 24.4 Å². The van der Waals surface area contributed by atoms with E-state index in [-0.39, 0.29) is 18.4 Å². The van der Waals surface area contributed by atoms with Crippen LogP contribution in [0.4, 0.5) is 11.4 Å². The quantitative estimate of drug-likeness (QED) is 0.546. The summed E-state index contributed by atoms with van der Waals surface area (Å²) in [5.74, 6) is -0.126. The average Bonchev–Trinajstić information content (AvgIpc) is 2.74. The summed E-state index contributed by atoms with van der Waals surface area (Å²) in [6.07, 6.45) is 0. The van der Waals surface area contributed by atoms with Crippen LogP contribution in [0.3, 0.4) is 0 Å². The molecule has 0 spiro atoms. The number of carbonyl (C=O) groups is 2. The number of halogens is 1. The fourth-order valence-corrected chi connectivity index (χ4v) is 2.85. The highest BCUT2D eigenvalue weighted by Gasteiger charge is 2.13. The molecule has 2 N–H and O–H groups in total. The van der Waals surface area contributed by atoms with E-state index in [9.17, 15) is 9.59 Å². The van der Waals surface area contributed by atoms with Crippen molar-refractivity contribution in [2.24, 2.45) is 0 Å². The van der Waals surface area contributed by atoms with Gasteiger partial charge in [0.15, 0.2) is 0 Å². The van der Waals surface area contributed by atoms with Gasteiger partial charge in [-0.25, -0.2) is 0 Å². The van der Waals surface area contributed by atoms with E-state index in [0.717, 1.165) is 5.56 Å². The molecule has 0 aliphatic rings. The third kappa shape index (κ3) is 6.07. The lowest BCUT2D eigenvalue weighted by Crippen LogP contribution is -2.17. The molecule has 0 saturated carbocycles. The van der Waals surface area contributed by atoms with Gasteiger partial charge in [-0.3, -0.25) is 9.59 Å². The highest BCUT2D eigenvalue weighted by Crippen LogP contribution is 2.22. The summed E-state index contributed by atoms with van der Waals surface area (Å²) in [6.45, 7) is 0.261. The molecule has 0 aromatic heterocycles. The zero-order valence-electron chi connectivity index (χ0n) is 16.4. The molecule has 3 rings (SSSR count). The second-order valence-electron chi connectivity index (χ2n) is 6.43. The number of amides is 2. The summed E-state index contributed by atoms with van der Waals surface area (Å²) in [6, 6.07) is 21.2. The average molecular weight is 425 g/mol. The van der Waals surface area contributed by atoms with Crippen LogP contribution in [0.15, 0.2) is 72.8 Å². The van der Waals surface area contributed by atoms with E-state index in [1.807, 2.05) is 12.1 Å². The van der Waals surface area contributed by atoms with Crippen molar-refractivity contribution in [2.45, 2.75) is 6.61 Å². The van der Waals surface area contributed by atoms with Crippen molar-refractivity contribution >= 4 is 34.8 Å². The van der Waals surface area contributed by atoms with E-state index >= 15 is 0 Å². The molecule has 0 radical (unpaired) electrons. The van der Waals surface area contributed by atoms with E-state index in [4.69, 9.17) is 21.1 Å². The Morgan fingerprint density at radius 3 is 2.33 bits per heavy atom. The molecule has 0 fully saturated rings. The van der Waals surface area contributed by atoms with Gasteiger partial charge >= 0.3 is 0 Å². The van der Waals surface area contributed by atoms with Crippen molar-refractivity contribution in [1.29, 1.82) is 0 Å². The predicted octanol–water partition coefficient (Wildman–Crippen LogP) is 4.76. The largest absolute Gasteiger partial charge is 0.488 e. The highest BCUT2D eigenvalue weighted by molar-refractivity contribution is 6.30. The highest BCUT2D eigenvalue weighted by atomic mass is 35.5. The molecule has 6 nitrogen and oxygen atoms in total. The molecule has 3 aromatic carbocycles. The predicted molar refractivity (Wildman–Crippen MR) is 117 cm³/mol. The normalized spacial score (nSPS) is 10.3. The van der Waals surface area contributed by atoms with E-state index in [2.05, 4.69) is 10.6 Å². The van der Waals surface area contributed by atoms with Gasteiger partial charge in [-0.2, -0.15) is 0 Å². The number of hydrogen-bond acceptors (Lipinski definition) is 4. The molecule has 2 amide bonds. The zero-order valence-corrected chi connectivity index (χ0v) is 17.1. The molecular formula is C23H21ClN2O4. The lowest BCUT2D eigenvalue weighted by Gasteiger charge is -2.13. The summed E-state index contributed by atoms with van der Waals surface area (Å²) >= 11 is 5.90. The molecule has 0 aliphatic carbocycles. The Balaban J connectivity index is 1.68. The summed E-state index contributed by atoms with van der Waals surface area (Å²) in [5, 5.41) is 6.18. The minimum Gasteiger partial charge on any atom is -0.488 e. The van der Waals surface area contributed by atoms with Crippen molar-refractivity contribution in [3.63, 3.8) is 0 Å². The Morgan fingerprint density at radius 2 is 1.60 bits per heavy atom. The Kier molecular flexibility index (Phi) is 7.43. The van der Waals surface area contributed by atoms with Gasteiger partial charge in [0, 0.05) is 23.5 Å². The minimum absolute atomic E-state index is 0.0467. The zero-order chi connectivity index (χ0) is 21.3. The molecule has 0 unspecified atom stereocenters. The fourth-order valence-electron chi connectivity index (χ4n) is 2.72. The Bertz CT molecular complexity index is 1020. The molecule has 0 aliphatic heterocycles. The van der Waals surface area contributed by atoms with Gasteiger partial charge < -0.3 is 20.1 Å². The third-order valence-corrected chi connectivity index (χ3v) is 4.37. The van der Waals surface area contributed by atoms with Crippen molar-refractivity contribution < 1.29 is 19.1 Å². The summed E-state index contributed by atoms with van der Waals surface area (Å²) < 4.78 is 10.7. The molecule has 0 atom stereocenters. The van der Waals surface area contributed by atoms with Gasteiger partial charge in [0.2, 0.25) is 5.91 Å². The van der Waals surface area contributed by atoms with Crippen LogP contribution in [0.1, 0.15) is 15.9 Å². The number of nitrogens with one attached hydrogen (secondary N) is 2. The number of hydrogen-bond donors (Lipinski definition) is 2. The third-order valence-electron chi connectivity index (χ3n) is 4.12. The van der Waals surface area contributed by atoms with Gasteiger partial charge in [0.05, 0.1) is 5.56 Å². The number of benzene rings is 3. The van der Waals surface area contributed by atoms with Gasteiger partial charge in [-0.05, 0) is 48.0 Å². The van der Waals surface area contributed by atoms with Gasteiger partial charge in [0.25, 0.3) is 5.91 Å². The lowest BCUT2D eigenvalue weighted by molar-refractivity contribution is -0.119. The second kappa shape index (κ2) is 10.4. The number of rotatable bonds is 8. The van der Waals surface area contributed by atoms with Gasteiger partial charge in [-0.1, -0.05) is 41.9 Å². The Labute approximate surface area is 179 Å². The standard InChI is InChI=1S/C23H21ClN2O4/c1-29-15-22(27)25-18-5-4-6-19(13-18)26-23(28)20-7-2-3-8-21(20)30-14-16-9-11-17(24)12-10-16/h2-13H,14-15H2,1H3,(H,25,27)(H,26,28). The first-order valence-electron chi connectivity index (χ1n) is 9.21. The van der Waals surface area contributed by atoms with Gasteiger partial charge in [0.1, 0.15) is 19.0 Å². The number of anilines is 2. The van der Waals surface area contributed by atoms with Crippen LogP contribution in [0, 0.1) is 0 Å². The van der Waals surface area contributed by atoms with Crippen LogP contribution in [0.5, 0.6) is 5.75 Å². The first-order chi connectivity index (χ1) is 14.5. The first-order valence-corrected chi connectivity index (χ1v) is 9.59. The maximum Gasteiger partial charge on any atom is 0.259 e. The summed E-state index contributed by atoms with van der Waals surface area (Å²) in [5.41, 5.74) is 2.44. The maximum atomic E-state index is 12.8. The van der Waals surface area contributed by atoms with Crippen molar-refractivity contribution in [3.8, 4) is 5.75 Å². The minimum atomic E-state index is -0.318. The molecule has 3 aromatic rings. The molecule has 0 heterocycles. The van der Waals surface area contributed by atoms with Crippen LogP contribution < -0.4 is 15.4 Å². The van der Waals surface area contributed by atoms with Crippen LogP contribution in [-0.2, 0) is 16.1 Å². The Morgan fingerprint density at radius 1 is 0.900 bits per heavy atom. The van der Waals surface area contributed by atoms with Crippen LogP contribution >= 0.6 is 11.6 Å². The SMILES string of the molecule is COCC(=O)Nc1cccc(NC(=O)c2ccccc2OCc2ccc(Cl)cc2)c1. The van der Waals surface area contributed by atoms with Gasteiger partial charge in [-0.15, -0.1) is 0 Å². The second-order valence-corrected chi connectivity index (χ2v) is 6.86. The van der Waals surface area contributed by atoms with E-state index in [1.54, 1.807) is 60.7 Å². The summed E-state index contributed by atoms with van der Waals surface area (Å²) in [4.78, 5) is 24.5. The number of para-hydroxylation sites is 1. The fraction of sp³-hybridized carbons (Fsp3) is 0.130.